The molecule has 37 heavy (non-hydrogen) atoms. The number of likely N-dealkylation sites (tertiary alicyclic amines) is 1. The highest BCUT2D eigenvalue weighted by Crippen LogP contribution is 2.34. The lowest BCUT2D eigenvalue weighted by molar-refractivity contribution is 0.0901. The molecule has 1 aliphatic heterocycles. The van der Waals surface area contributed by atoms with E-state index in [2.05, 4.69) is 36.1 Å². The van der Waals surface area contributed by atoms with Crippen LogP contribution < -0.4 is 5.32 Å². The Kier molecular flexibility index (Phi) is 7.20. The Morgan fingerprint density at radius 1 is 1.05 bits per heavy atom. The number of rotatable bonds is 6. The van der Waals surface area contributed by atoms with Gasteiger partial charge in [-0.3, -0.25) is 14.7 Å². The van der Waals surface area contributed by atoms with Gasteiger partial charge in [-0.1, -0.05) is 22.0 Å². The van der Waals surface area contributed by atoms with Crippen molar-refractivity contribution in [3.63, 3.8) is 0 Å². The molecule has 1 aliphatic rings. The molecule has 0 radical (unpaired) electrons. The molecule has 1 saturated heterocycles. The molecule has 1 amide bonds. The maximum Gasteiger partial charge on any atom is 0.269 e. The Morgan fingerprint density at radius 3 is 2.41 bits per heavy atom. The van der Waals surface area contributed by atoms with Gasteiger partial charge >= 0.3 is 0 Å². The molecule has 2 aromatic heterocycles. The van der Waals surface area contributed by atoms with Crippen LogP contribution in [0.2, 0.25) is 0 Å². The molecular formula is C28H29BrN4O3S. The molecular weight excluding hydrogens is 552 g/mol. The van der Waals surface area contributed by atoms with Crippen molar-refractivity contribution in [1.82, 2.24) is 20.2 Å². The monoisotopic (exact) mass is 580 g/mol. The third-order valence-corrected chi connectivity index (χ3v) is 9.10. The Bertz CT molecular complexity index is 1540. The van der Waals surface area contributed by atoms with Crippen molar-refractivity contribution in [1.29, 1.82) is 0 Å². The summed E-state index contributed by atoms with van der Waals surface area (Å²) in [6.07, 6.45) is 5.18. The van der Waals surface area contributed by atoms with Crippen molar-refractivity contribution in [3.8, 4) is 0 Å². The molecule has 0 atom stereocenters. The summed E-state index contributed by atoms with van der Waals surface area (Å²) in [4.78, 5) is 23.3. The van der Waals surface area contributed by atoms with E-state index in [1.54, 1.807) is 36.7 Å². The third-order valence-electron chi connectivity index (χ3n) is 6.79. The fourth-order valence-electron chi connectivity index (χ4n) is 5.02. The topological polar surface area (TPSA) is 95.2 Å². The first-order valence-electron chi connectivity index (χ1n) is 12.3. The van der Waals surface area contributed by atoms with Gasteiger partial charge in [0.2, 0.25) is 9.84 Å². The second kappa shape index (κ2) is 10.4. The van der Waals surface area contributed by atoms with Crippen LogP contribution >= 0.6 is 15.9 Å². The molecule has 3 heterocycles. The Hall–Kier alpha value is -3.01. The summed E-state index contributed by atoms with van der Waals surface area (Å²) in [6.45, 7) is 6.28. The number of halogens is 1. The molecule has 2 N–H and O–H groups in total. The smallest absolute Gasteiger partial charge is 0.269 e. The number of aryl methyl sites for hydroxylation is 2. The summed E-state index contributed by atoms with van der Waals surface area (Å²) < 4.78 is 28.6. The minimum absolute atomic E-state index is 0.0152. The van der Waals surface area contributed by atoms with E-state index in [9.17, 15) is 13.2 Å². The number of nitrogens with one attached hydrogen (secondary N) is 2. The quantitative estimate of drug-likeness (QED) is 0.328. The number of aromatic amines is 1. The van der Waals surface area contributed by atoms with Gasteiger partial charge in [-0.15, -0.1) is 0 Å². The van der Waals surface area contributed by atoms with E-state index in [1.165, 1.54) is 5.56 Å². The van der Waals surface area contributed by atoms with Crippen LogP contribution in [0.5, 0.6) is 0 Å². The van der Waals surface area contributed by atoms with Crippen LogP contribution in [0.1, 0.15) is 40.0 Å². The van der Waals surface area contributed by atoms with E-state index < -0.39 is 15.7 Å². The maximum absolute atomic E-state index is 13.9. The average Bonchev–Trinajstić information content (AvgIpc) is 3.25. The largest absolute Gasteiger partial charge is 0.349 e. The summed E-state index contributed by atoms with van der Waals surface area (Å²) in [6, 6.07) is 14.6. The average molecular weight is 582 g/mol. The lowest BCUT2D eigenvalue weighted by Gasteiger charge is -2.32. The van der Waals surface area contributed by atoms with Gasteiger partial charge in [0.15, 0.2) is 0 Å². The van der Waals surface area contributed by atoms with Crippen LogP contribution in [0.25, 0.3) is 10.9 Å². The molecule has 0 aliphatic carbocycles. The zero-order valence-electron chi connectivity index (χ0n) is 20.8. The van der Waals surface area contributed by atoms with Gasteiger partial charge in [-0.25, -0.2) is 8.42 Å². The van der Waals surface area contributed by atoms with E-state index in [0.29, 0.717) is 10.9 Å². The van der Waals surface area contributed by atoms with Crippen molar-refractivity contribution in [2.45, 2.75) is 49.1 Å². The molecule has 0 saturated carbocycles. The van der Waals surface area contributed by atoms with Gasteiger partial charge in [0.25, 0.3) is 5.91 Å². The molecule has 4 aromatic rings. The normalized spacial score (nSPS) is 15.2. The Labute approximate surface area is 225 Å². The van der Waals surface area contributed by atoms with Gasteiger partial charge in [0.05, 0.1) is 4.90 Å². The van der Waals surface area contributed by atoms with E-state index in [-0.39, 0.29) is 21.5 Å². The van der Waals surface area contributed by atoms with Crippen molar-refractivity contribution in [2.75, 3.05) is 13.1 Å². The van der Waals surface area contributed by atoms with Gasteiger partial charge in [-0.05, 0) is 85.8 Å². The second-order valence-electron chi connectivity index (χ2n) is 9.73. The maximum atomic E-state index is 13.9. The summed E-state index contributed by atoms with van der Waals surface area (Å²) in [5.74, 6) is -0.400. The van der Waals surface area contributed by atoms with Crippen LogP contribution in [0.3, 0.4) is 0 Å². The number of aromatic nitrogens is 2. The van der Waals surface area contributed by atoms with E-state index >= 15 is 0 Å². The number of H-pyrrole nitrogens is 1. The van der Waals surface area contributed by atoms with Crippen molar-refractivity contribution >= 4 is 42.6 Å². The predicted octanol–water partition coefficient (Wildman–Crippen LogP) is 5.17. The van der Waals surface area contributed by atoms with Crippen molar-refractivity contribution in [3.05, 3.63) is 87.8 Å². The van der Waals surface area contributed by atoms with Crippen LogP contribution in [0.4, 0.5) is 0 Å². The third kappa shape index (κ3) is 5.49. The fraction of sp³-hybridized carbons (Fsp3) is 0.286. The van der Waals surface area contributed by atoms with E-state index in [1.807, 2.05) is 38.1 Å². The number of benzene rings is 2. The van der Waals surface area contributed by atoms with Crippen molar-refractivity contribution in [2.24, 2.45) is 0 Å². The number of sulfone groups is 1. The number of carbonyl (C=O) groups excluding carboxylic acids is 1. The van der Waals surface area contributed by atoms with Gasteiger partial charge in [0.1, 0.15) is 10.6 Å². The van der Waals surface area contributed by atoms with Crippen molar-refractivity contribution < 1.29 is 13.2 Å². The lowest BCUT2D eigenvalue weighted by atomic mass is 10.0. The summed E-state index contributed by atoms with van der Waals surface area (Å²) in [7, 11) is -3.97. The molecule has 5 rings (SSSR count). The summed E-state index contributed by atoms with van der Waals surface area (Å²) in [5, 5.41) is 3.59. The second-order valence-corrected chi connectivity index (χ2v) is 12.5. The van der Waals surface area contributed by atoms with E-state index in [0.717, 1.165) is 48.1 Å². The number of piperidine rings is 1. The minimum Gasteiger partial charge on any atom is -0.349 e. The SMILES string of the molecule is Cc1cc(C)cc(S(=O)(=O)c2c(C(=O)NC3CCN(Cc4ccncc4)CC3)[nH]c3ccc(Br)cc23)c1. The Morgan fingerprint density at radius 2 is 1.73 bits per heavy atom. The Balaban J connectivity index is 1.41. The summed E-state index contributed by atoms with van der Waals surface area (Å²) in [5.41, 5.74) is 3.59. The number of carbonyl (C=O) groups is 1. The van der Waals surface area contributed by atoms with Gasteiger partial charge < -0.3 is 10.3 Å². The standard InChI is InChI=1S/C28H29BrN4O3S/c1-18-13-19(2)15-23(14-18)37(35,36)27-24-16-21(29)3-4-25(24)32-26(27)28(34)31-22-7-11-33(12-8-22)17-20-5-9-30-10-6-20/h3-6,9-10,13-16,22,32H,7-8,11-12,17H2,1-2H3,(H,31,34). The molecule has 0 unspecified atom stereocenters. The van der Waals surface area contributed by atoms with Crippen LogP contribution in [-0.2, 0) is 16.4 Å². The molecule has 0 spiro atoms. The zero-order chi connectivity index (χ0) is 26.2. The highest BCUT2D eigenvalue weighted by atomic mass is 79.9. The van der Waals surface area contributed by atoms with Gasteiger partial charge in [-0.2, -0.15) is 0 Å². The lowest BCUT2D eigenvalue weighted by Crippen LogP contribution is -2.44. The first-order chi connectivity index (χ1) is 17.7. The number of pyridine rings is 1. The number of fused-ring (bicyclic) bond motifs is 1. The van der Waals surface area contributed by atoms with Crippen LogP contribution in [-0.4, -0.2) is 48.3 Å². The molecule has 0 bridgehead atoms. The zero-order valence-corrected chi connectivity index (χ0v) is 23.2. The number of amides is 1. The molecule has 2 aromatic carbocycles. The molecule has 9 heteroatoms. The van der Waals surface area contributed by atoms with Crippen LogP contribution in [0.15, 0.2) is 75.2 Å². The fourth-order valence-corrected chi connectivity index (χ4v) is 7.17. The van der Waals surface area contributed by atoms with Gasteiger partial charge in [0, 0.05) is 53.4 Å². The highest BCUT2D eigenvalue weighted by molar-refractivity contribution is 9.10. The number of nitrogens with zero attached hydrogens (tertiary/aromatic N) is 2. The minimum atomic E-state index is -3.97. The van der Waals surface area contributed by atoms with E-state index in [4.69, 9.17) is 0 Å². The molecule has 192 valence electrons. The molecule has 1 fully saturated rings. The number of hydrogen-bond donors (Lipinski definition) is 2. The predicted molar refractivity (Wildman–Crippen MR) is 147 cm³/mol. The first kappa shape index (κ1) is 25.6. The van der Waals surface area contributed by atoms with Crippen LogP contribution in [0, 0.1) is 13.8 Å². The first-order valence-corrected chi connectivity index (χ1v) is 14.5. The highest BCUT2D eigenvalue weighted by Gasteiger charge is 2.31. The number of hydrogen-bond acceptors (Lipinski definition) is 5. The molecule has 7 nitrogen and oxygen atoms in total. The summed E-state index contributed by atoms with van der Waals surface area (Å²) >= 11 is 3.45.